The monoisotopic (exact) mass is 396 g/mol. The van der Waals surface area contributed by atoms with Crippen LogP contribution in [0.25, 0.3) is 11.4 Å². The number of hydrogen-bond acceptors (Lipinski definition) is 7. The summed E-state index contributed by atoms with van der Waals surface area (Å²) in [5, 5.41) is 18.3. The van der Waals surface area contributed by atoms with Crippen molar-refractivity contribution in [1.29, 1.82) is 0 Å². The maximum absolute atomic E-state index is 14.2. The number of hydrogen-bond donors (Lipinski definition) is 2. The molecule has 0 aromatic carbocycles. The largest absolute Gasteiger partial charge is 0.461 e. The third-order valence-electron chi connectivity index (χ3n) is 5.18. The van der Waals surface area contributed by atoms with Crippen LogP contribution in [0, 0.1) is 5.82 Å². The van der Waals surface area contributed by atoms with Crippen LogP contribution in [0.1, 0.15) is 42.4 Å². The Hall–Kier alpha value is -3.36. The second kappa shape index (κ2) is 7.94. The third-order valence-corrected chi connectivity index (χ3v) is 5.18. The Labute approximate surface area is 166 Å². The summed E-state index contributed by atoms with van der Waals surface area (Å²) in [6, 6.07) is 8.18. The molecule has 0 radical (unpaired) electrons. The van der Waals surface area contributed by atoms with E-state index in [1.54, 1.807) is 37.4 Å². The topological polar surface area (TPSA) is 106 Å². The van der Waals surface area contributed by atoms with Gasteiger partial charge in [0.15, 0.2) is 5.69 Å². The fraction of sp³-hybridized carbons (Fsp3) is 0.350. The zero-order valence-corrected chi connectivity index (χ0v) is 16.0. The Bertz CT molecular complexity index is 1000. The Balaban J connectivity index is 1.44. The van der Waals surface area contributed by atoms with E-state index < -0.39 is 5.97 Å². The summed E-state index contributed by atoms with van der Waals surface area (Å²) in [6.45, 7) is 2.55. The van der Waals surface area contributed by atoms with Gasteiger partial charge < -0.3 is 10.1 Å². The van der Waals surface area contributed by atoms with Gasteiger partial charge in [-0.2, -0.15) is 5.10 Å². The Morgan fingerprint density at radius 1 is 1.31 bits per heavy atom. The highest BCUT2D eigenvalue weighted by atomic mass is 19.1. The molecular weight excluding hydrogens is 375 g/mol. The van der Waals surface area contributed by atoms with E-state index in [-0.39, 0.29) is 23.5 Å². The first-order valence-electron chi connectivity index (χ1n) is 9.53. The lowest BCUT2D eigenvalue weighted by molar-refractivity contribution is 0.0519. The van der Waals surface area contributed by atoms with E-state index in [0.717, 1.165) is 19.3 Å². The molecule has 1 aliphatic rings. The van der Waals surface area contributed by atoms with E-state index in [4.69, 9.17) is 4.74 Å². The Kier molecular flexibility index (Phi) is 5.20. The average Bonchev–Trinajstić information content (AvgIpc) is 3.19. The van der Waals surface area contributed by atoms with Gasteiger partial charge in [-0.15, -0.1) is 10.2 Å². The van der Waals surface area contributed by atoms with Gasteiger partial charge in [0.25, 0.3) is 0 Å². The van der Waals surface area contributed by atoms with Gasteiger partial charge in [-0.05, 0) is 44.0 Å². The van der Waals surface area contributed by atoms with Crippen LogP contribution in [0.2, 0.25) is 0 Å². The number of esters is 1. The van der Waals surface area contributed by atoms with E-state index >= 15 is 0 Å². The average molecular weight is 396 g/mol. The number of aromatic nitrogens is 5. The molecular formula is C20H21FN6O2. The number of halogens is 1. The lowest BCUT2D eigenvalue weighted by Gasteiger charge is -2.41. The van der Waals surface area contributed by atoms with Gasteiger partial charge >= 0.3 is 5.97 Å². The molecule has 1 aliphatic carbocycles. The second-order valence-electron chi connectivity index (χ2n) is 7.01. The van der Waals surface area contributed by atoms with E-state index in [1.807, 2.05) is 0 Å². The molecule has 29 heavy (non-hydrogen) atoms. The van der Waals surface area contributed by atoms with Gasteiger partial charge in [-0.3, -0.25) is 10.1 Å². The first-order chi connectivity index (χ1) is 14.1. The van der Waals surface area contributed by atoms with Crippen LogP contribution in [-0.2, 0) is 10.2 Å². The number of nitrogens with zero attached hydrogens (tertiary/aromatic N) is 4. The fourth-order valence-corrected chi connectivity index (χ4v) is 3.47. The highest BCUT2D eigenvalue weighted by Gasteiger charge is 2.41. The molecule has 8 nitrogen and oxygen atoms in total. The Morgan fingerprint density at radius 3 is 2.83 bits per heavy atom. The molecule has 3 heterocycles. The van der Waals surface area contributed by atoms with Crippen LogP contribution in [-0.4, -0.2) is 44.5 Å². The smallest absolute Gasteiger partial charge is 0.358 e. The van der Waals surface area contributed by atoms with Crippen LogP contribution in [0.3, 0.4) is 0 Å². The summed E-state index contributed by atoms with van der Waals surface area (Å²) in [5.41, 5.74) is 1.50. The summed E-state index contributed by atoms with van der Waals surface area (Å²) in [5.74, 6) is -0.178. The van der Waals surface area contributed by atoms with Crippen molar-refractivity contribution in [3.8, 4) is 11.4 Å². The SMILES string of the molecule is CCOC(=O)c1cc(-c2ccc(NCC3(c4ncccc4F)CCC3)nn2)[nH]n1. The van der Waals surface area contributed by atoms with Crippen LogP contribution < -0.4 is 5.32 Å². The number of anilines is 1. The maximum atomic E-state index is 14.2. The second-order valence-corrected chi connectivity index (χ2v) is 7.01. The fourth-order valence-electron chi connectivity index (χ4n) is 3.47. The molecule has 0 saturated heterocycles. The lowest BCUT2D eigenvalue weighted by Crippen LogP contribution is -2.42. The minimum absolute atomic E-state index is 0.190. The van der Waals surface area contributed by atoms with Crippen LogP contribution >= 0.6 is 0 Å². The quantitative estimate of drug-likeness (QED) is 0.591. The number of ether oxygens (including phenoxy) is 1. The summed E-state index contributed by atoms with van der Waals surface area (Å²) in [6.07, 6.45) is 4.43. The standard InChI is InChI=1S/C20H21FN6O2/c1-2-29-19(28)16-11-15(25-26-16)14-6-7-17(27-24-14)23-12-20(8-4-9-20)18-13(21)5-3-10-22-18/h3,5-7,10-11H,2,4,8-9,12H2,1H3,(H,23,27)(H,25,26). The predicted molar refractivity (Wildman–Crippen MR) is 104 cm³/mol. The van der Waals surface area contributed by atoms with Crippen molar-refractivity contribution in [2.75, 3.05) is 18.5 Å². The molecule has 1 saturated carbocycles. The van der Waals surface area contributed by atoms with Crippen molar-refractivity contribution in [3.63, 3.8) is 0 Å². The zero-order valence-electron chi connectivity index (χ0n) is 16.0. The molecule has 0 bridgehead atoms. The highest BCUT2D eigenvalue weighted by molar-refractivity contribution is 5.88. The minimum Gasteiger partial charge on any atom is -0.461 e. The van der Waals surface area contributed by atoms with Gasteiger partial charge in [-0.1, -0.05) is 6.42 Å². The number of carbonyl (C=O) groups excluding carboxylic acids is 1. The lowest BCUT2D eigenvalue weighted by atomic mass is 9.66. The molecule has 2 N–H and O–H groups in total. The maximum Gasteiger partial charge on any atom is 0.358 e. The molecule has 0 unspecified atom stereocenters. The Morgan fingerprint density at radius 2 is 2.17 bits per heavy atom. The normalized spacial score (nSPS) is 14.8. The number of aromatic amines is 1. The minimum atomic E-state index is -0.492. The van der Waals surface area contributed by atoms with Crippen molar-refractivity contribution < 1.29 is 13.9 Å². The molecule has 0 amide bonds. The molecule has 150 valence electrons. The van der Waals surface area contributed by atoms with Gasteiger partial charge in [-0.25, -0.2) is 9.18 Å². The molecule has 3 aromatic heterocycles. The van der Waals surface area contributed by atoms with Crippen LogP contribution in [0.15, 0.2) is 36.5 Å². The van der Waals surface area contributed by atoms with Gasteiger partial charge in [0.05, 0.1) is 18.0 Å². The molecule has 1 fully saturated rings. The third kappa shape index (κ3) is 3.80. The molecule has 3 aromatic rings. The van der Waals surface area contributed by atoms with Crippen molar-refractivity contribution >= 4 is 11.8 Å². The van der Waals surface area contributed by atoms with Gasteiger partial charge in [0, 0.05) is 24.2 Å². The summed E-state index contributed by atoms with van der Waals surface area (Å²) >= 11 is 0. The first-order valence-corrected chi connectivity index (χ1v) is 9.53. The molecule has 0 spiro atoms. The van der Waals surface area contributed by atoms with Crippen molar-refractivity contribution in [2.45, 2.75) is 31.6 Å². The molecule has 0 aliphatic heterocycles. The molecule has 9 heteroatoms. The van der Waals surface area contributed by atoms with Crippen molar-refractivity contribution in [2.24, 2.45) is 0 Å². The first kappa shape index (κ1) is 19.0. The van der Waals surface area contributed by atoms with E-state index in [0.29, 0.717) is 29.4 Å². The van der Waals surface area contributed by atoms with Crippen LogP contribution in [0.5, 0.6) is 0 Å². The number of H-pyrrole nitrogens is 1. The van der Waals surface area contributed by atoms with Gasteiger partial charge in [0.1, 0.15) is 17.3 Å². The number of nitrogens with one attached hydrogen (secondary N) is 2. The van der Waals surface area contributed by atoms with Crippen LogP contribution in [0.4, 0.5) is 10.2 Å². The number of pyridine rings is 1. The van der Waals surface area contributed by atoms with E-state index in [2.05, 4.69) is 30.7 Å². The summed E-state index contributed by atoms with van der Waals surface area (Å²) < 4.78 is 19.1. The van der Waals surface area contributed by atoms with E-state index in [9.17, 15) is 9.18 Å². The van der Waals surface area contributed by atoms with Gasteiger partial charge in [0.2, 0.25) is 0 Å². The van der Waals surface area contributed by atoms with Crippen molar-refractivity contribution in [1.82, 2.24) is 25.4 Å². The molecule has 4 rings (SSSR count). The highest BCUT2D eigenvalue weighted by Crippen LogP contribution is 2.43. The van der Waals surface area contributed by atoms with Crippen molar-refractivity contribution in [3.05, 3.63) is 53.7 Å². The number of rotatable bonds is 7. The summed E-state index contributed by atoms with van der Waals surface area (Å²) in [7, 11) is 0. The number of carbonyl (C=O) groups is 1. The van der Waals surface area contributed by atoms with E-state index in [1.165, 1.54) is 6.07 Å². The summed E-state index contributed by atoms with van der Waals surface area (Å²) in [4.78, 5) is 16.0. The zero-order chi connectivity index (χ0) is 20.3. The predicted octanol–water partition coefficient (Wildman–Crippen LogP) is 3.11. The molecule has 0 atom stereocenters.